The molecule has 1 saturated heterocycles. The number of phenols is 1. The zero-order valence-electron chi connectivity index (χ0n) is 14.6. The van der Waals surface area contributed by atoms with Crippen LogP contribution < -0.4 is 5.32 Å². The number of carbonyl (C=O) groups is 1. The van der Waals surface area contributed by atoms with E-state index in [1.54, 1.807) is 30.6 Å². The number of likely N-dealkylation sites (tertiary alicyclic amines) is 1. The largest absolute Gasteiger partial charge is 0.508 e. The molecular weight excluding hydrogens is 332 g/mol. The lowest BCUT2D eigenvalue weighted by Gasteiger charge is -2.17. The van der Waals surface area contributed by atoms with Gasteiger partial charge in [0.05, 0.1) is 25.2 Å². The van der Waals surface area contributed by atoms with Crippen LogP contribution in [0.4, 0.5) is 5.82 Å². The standard InChI is InChI=1S/C19H22N4O3/c1-26-19(25)6-5-15-10-21-18(11-20-15)22-16-7-8-23(13-16)12-14-3-2-4-17(24)9-14/h2-6,9-11,16,24H,7-8,12-13H2,1H3,(H,21,22)/t16-/m1/s1. The highest BCUT2D eigenvalue weighted by Gasteiger charge is 2.22. The van der Waals surface area contributed by atoms with Crippen molar-refractivity contribution in [2.75, 3.05) is 25.5 Å². The smallest absolute Gasteiger partial charge is 0.330 e. The number of methoxy groups -OCH3 is 1. The Morgan fingerprint density at radius 2 is 2.31 bits per heavy atom. The molecule has 0 unspecified atom stereocenters. The molecule has 1 aliphatic rings. The first-order valence-corrected chi connectivity index (χ1v) is 8.47. The molecule has 0 amide bonds. The number of aromatic nitrogens is 2. The van der Waals surface area contributed by atoms with Crippen molar-refractivity contribution in [1.82, 2.24) is 14.9 Å². The molecule has 0 spiro atoms. The molecule has 136 valence electrons. The Morgan fingerprint density at radius 1 is 1.42 bits per heavy atom. The molecule has 7 nitrogen and oxygen atoms in total. The fraction of sp³-hybridized carbons (Fsp3) is 0.316. The Bertz CT molecular complexity index is 777. The lowest BCUT2D eigenvalue weighted by Crippen LogP contribution is -2.26. The fourth-order valence-corrected chi connectivity index (χ4v) is 2.94. The van der Waals surface area contributed by atoms with Gasteiger partial charge in [0.25, 0.3) is 0 Å². The van der Waals surface area contributed by atoms with Crippen molar-refractivity contribution in [2.24, 2.45) is 0 Å². The quantitative estimate of drug-likeness (QED) is 0.606. The first-order chi connectivity index (χ1) is 12.6. The van der Waals surface area contributed by atoms with E-state index in [0.717, 1.165) is 31.6 Å². The van der Waals surface area contributed by atoms with Gasteiger partial charge in [0.1, 0.15) is 11.6 Å². The number of rotatable bonds is 6. The van der Waals surface area contributed by atoms with Crippen molar-refractivity contribution < 1.29 is 14.6 Å². The van der Waals surface area contributed by atoms with E-state index < -0.39 is 5.97 Å². The summed E-state index contributed by atoms with van der Waals surface area (Å²) in [5, 5.41) is 13.0. The molecule has 1 aromatic carbocycles. The molecule has 1 aromatic heterocycles. The van der Waals surface area contributed by atoms with Crippen molar-refractivity contribution >= 4 is 17.9 Å². The predicted molar refractivity (Wildman–Crippen MR) is 98.5 cm³/mol. The van der Waals surface area contributed by atoms with Crippen molar-refractivity contribution in [3.63, 3.8) is 0 Å². The number of nitrogens with one attached hydrogen (secondary N) is 1. The van der Waals surface area contributed by atoms with Crippen molar-refractivity contribution in [1.29, 1.82) is 0 Å². The molecule has 1 atom stereocenters. The van der Waals surface area contributed by atoms with Crippen LogP contribution in [-0.2, 0) is 16.1 Å². The zero-order chi connectivity index (χ0) is 18.4. The van der Waals surface area contributed by atoms with Crippen LogP contribution in [0.5, 0.6) is 5.75 Å². The Labute approximate surface area is 152 Å². The third-order valence-corrected chi connectivity index (χ3v) is 4.20. The molecule has 0 saturated carbocycles. The van der Waals surface area contributed by atoms with Crippen molar-refractivity contribution in [3.05, 3.63) is 54.0 Å². The second-order valence-corrected chi connectivity index (χ2v) is 6.22. The second-order valence-electron chi connectivity index (χ2n) is 6.22. The van der Waals surface area contributed by atoms with Crippen LogP contribution in [0.25, 0.3) is 6.08 Å². The highest BCUT2D eigenvalue weighted by atomic mass is 16.5. The van der Waals surface area contributed by atoms with Crippen LogP contribution in [0.1, 0.15) is 17.7 Å². The number of aromatic hydroxyl groups is 1. The van der Waals surface area contributed by atoms with Crippen LogP contribution in [0.15, 0.2) is 42.7 Å². The van der Waals surface area contributed by atoms with Gasteiger partial charge in [-0.15, -0.1) is 0 Å². The zero-order valence-corrected chi connectivity index (χ0v) is 14.6. The van der Waals surface area contributed by atoms with E-state index in [9.17, 15) is 9.90 Å². The van der Waals surface area contributed by atoms with Crippen LogP contribution in [0, 0.1) is 0 Å². The summed E-state index contributed by atoms with van der Waals surface area (Å²) in [6.45, 7) is 2.71. The van der Waals surface area contributed by atoms with E-state index in [1.165, 1.54) is 13.2 Å². The lowest BCUT2D eigenvalue weighted by molar-refractivity contribution is -0.134. The first kappa shape index (κ1) is 17.9. The normalized spacial score (nSPS) is 17.5. The highest BCUT2D eigenvalue weighted by molar-refractivity contribution is 5.86. The van der Waals surface area contributed by atoms with E-state index in [4.69, 9.17) is 0 Å². The van der Waals surface area contributed by atoms with E-state index in [-0.39, 0.29) is 0 Å². The van der Waals surface area contributed by atoms with Gasteiger partial charge in [-0.3, -0.25) is 9.88 Å². The molecule has 3 rings (SSSR count). The van der Waals surface area contributed by atoms with E-state index in [1.807, 2.05) is 12.1 Å². The molecule has 7 heteroatoms. The molecule has 2 heterocycles. The number of anilines is 1. The number of benzene rings is 1. The third-order valence-electron chi connectivity index (χ3n) is 4.20. The summed E-state index contributed by atoms with van der Waals surface area (Å²) in [5.74, 6) is 0.587. The molecular formula is C19H22N4O3. The lowest BCUT2D eigenvalue weighted by atomic mass is 10.2. The van der Waals surface area contributed by atoms with Gasteiger partial charge in [-0.1, -0.05) is 12.1 Å². The monoisotopic (exact) mass is 354 g/mol. The molecule has 0 aliphatic carbocycles. The van der Waals surface area contributed by atoms with Gasteiger partial charge in [-0.2, -0.15) is 0 Å². The summed E-state index contributed by atoms with van der Waals surface area (Å²) in [6.07, 6.45) is 7.17. The first-order valence-electron chi connectivity index (χ1n) is 8.47. The average Bonchev–Trinajstić information content (AvgIpc) is 3.07. The maximum Gasteiger partial charge on any atom is 0.330 e. The number of ether oxygens (including phenoxy) is 1. The van der Waals surface area contributed by atoms with Crippen molar-refractivity contribution in [3.8, 4) is 5.75 Å². The van der Waals surface area contributed by atoms with Gasteiger partial charge in [-0.05, 0) is 30.2 Å². The molecule has 26 heavy (non-hydrogen) atoms. The predicted octanol–water partition coefficient (Wildman–Crippen LogP) is 2.05. The van der Waals surface area contributed by atoms with E-state index in [2.05, 4.69) is 24.9 Å². The molecule has 0 bridgehead atoms. The van der Waals surface area contributed by atoms with Gasteiger partial charge < -0.3 is 15.2 Å². The number of esters is 1. The number of hydrogen-bond donors (Lipinski definition) is 2. The number of nitrogens with zero attached hydrogens (tertiary/aromatic N) is 3. The Balaban J connectivity index is 1.50. The molecule has 1 fully saturated rings. The fourth-order valence-electron chi connectivity index (χ4n) is 2.94. The summed E-state index contributed by atoms with van der Waals surface area (Å²) in [7, 11) is 1.33. The SMILES string of the molecule is COC(=O)C=Cc1cnc(N[C@@H]2CCN(Cc3cccc(O)c3)C2)cn1. The van der Waals surface area contributed by atoms with Crippen LogP contribution in [-0.4, -0.2) is 52.2 Å². The van der Waals surface area contributed by atoms with Crippen molar-refractivity contribution in [2.45, 2.75) is 19.0 Å². The Morgan fingerprint density at radius 3 is 3.04 bits per heavy atom. The maximum absolute atomic E-state index is 11.1. The average molecular weight is 354 g/mol. The minimum Gasteiger partial charge on any atom is -0.508 e. The summed E-state index contributed by atoms with van der Waals surface area (Å²) in [6, 6.07) is 7.67. The van der Waals surface area contributed by atoms with Gasteiger partial charge in [-0.25, -0.2) is 9.78 Å². The molecule has 0 radical (unpaired) electrons. The molecule has 1 aliphatic heterocycles. The topological polar surface area (TPSA) is 87.6 Å². The number of hydrogen-bond acceptors (Lipinski definition) is 7. The highest BCUT2D eigenvalue weighted by Crippen LogP contribution is 2.18. The van der Waals surface area contributed by atoms with Gasteiger partial charge >= 0.3 is 5.97 Å². The van der Waals surface area contributed by atoms with Gasteiger partial charge in [0.2, 0.25) is 0 Å². The van der Waals surface area contributed by atoms with Gasteiger partial charge in [0.15, 0.2) is 0 Å². The van der Waals surface area contributed by atoms with E-state index in [0.29, 0.717) is 23.3 Å². The summed E-state index contributed by atoms with van der Waals surface area (Å²) >= 11 is 0. The van der Waals surface area contributed by atoms with Crippen LogP contribution >= 0.6 is 0 Å². The summed E-state index contributed by atoms with van der Waals surface area (Å²) in [5.41, 5.74) is 1.70. The summed E-state index contributed by atoms with van der Waals surface area (Å²) in [4.78, 5) is 22.0. The maximum atomic E-state index is 11.1. The Kier molecular flexibility index (Phi) is 5.80. The number of carbonyl (C=O) groups excluding carboxylic acids is 1. The van der Waals surface area contributed by atoms with Crippen LogP contribution in [0.3, 0.4) is 0 Å². The minimum absolute atomic E-state index is 0.299. The molecule has 2 aromatic rings. The third kappa shape index (κ3) is 5.03. The summed E-state index contributed by atoms with van der Waals surface area (Å²) < 4.78 is 4.54. The Hall–Kier alpha value is -2.93. The van der Waals surface area contributed by atoms with E-state index >= 15 is 0 Å². The number of phenolic OH excluding ortho intramolecular Hbond substituents is 1. The second kappa shape index (κ2) is 8.44. The van der Waals surface area contributed by atoms with Crippen LogP contribution in [0.2, 0.25) is 0 Å². The van der Waals surface area contributed by atoms with Gasteiger partial charge in [0, 0.05) is 31.8 Å². The minimum atomic E-state index is -0.424. The molecule has 2 N–H and O–H groups in total.